The Bertz CT molecular complexity index is 514. The van der Waals surface area contributed by atoms with Crippen molar-refractivity contribution in [2.75, 3.05) is 0 Å². The summed E-state index contributed by atoms with van der Waals surface area (Å²) >= 11 is 0. The molecule has 0 atom stereocenters. The summed E-state index contributed by atoms with van der Waals surface area (Å²) in [6.45, 7) is 0. The highest BCUT2D eigenvalue weighted by Gasteiger charge is 1.88. The van der Waals surface area contributed by atoms with Crippen molar-refractivity contribution in [1.29, 1.82) is 0 Å². The number of aromatic nitrogens is 2. The predicted molar refractivity (Wildman–Crippen MR) is 60.2 cm³/mol. The van der Waals surface area contributed by atoms with E-state index in [2.05, 4.69) is 9.97 Å². The third kappa shape index (κ3) is 2.64. The Labute approximate surface area is 87.1 Å². The van der Waals surface area contributed by atoms with Crippen LogP contribution in [0, 0.1) is 0 Å². The van der Waals surface area contributed by atoms with Crippen LogP contribution in [0.4, 0.5) is 0 Å². The van der Waals surface area contributed by atoms with Crippen molar-refractivity contribution in [3.05, 3.63) is 64.3 Å². The molecule has 0 radical (unpaired) electrons. The molecule has 0 aliphatic carbocycles. The molecule has 0 saturated heterocycles. The normalized spacial score (nSPS) is 10.7. The minimum atomic E-state index is -0.141. The van der Waals surface area contributed by atoms with Gasteiger partial charge in [-0.05, 0) is 11.6 Å². The predicted octanol–water partition coefficient (Wildman–Crippen LogP) is 1.94. The van der Waals surface area contributed by atoms with Crippen LogP contribution in [0.25, 0.3) is 12.2 Å². The number of hydrogen-bond acceptors (Lipinski definition) is 2. The summed E-state index contributed by atoms with van der Waals surface area (Å²) in [7, 11) is 0. The van der Waals surface area contributed by atoms with Crippen LogP contribution in [-0.2, 0) is 0 Å². The summed E-state index contributed by atoms with van der Waals surface area (Å²) in [5, 5.41) is 0. The van der Waals surface area contributed by atoms with Gasteiger partial charge in [0.05, 0.1) is 0 Å². The zero-order chi connectivity index (χ0) is 10.5. The van der Waals surface area contributed by atoms with E-state index in [4.69, 9.17) is 0 Å². The quantitative estimate of drug-likeness (QED) is 0.801. The molecule has 0 bridgehead atoms. The zero-order valence-electron chi connectivity index (χ0n) is 8.05. The van der Waals surface area contributed by atoms with Crippen molar-refractivity contribution in [3.63, 3.8) is 0 Å². The maximum atomic E-state index is 11.0. The molecule has 3 heteroatoms. The number of rotatable bonds is 2. The van der Waals surface area contributed by atoms with Gasteiger partial charge >= 0.3 is 0 Å². The smallest absolute Gasteiger partial charge is 0.251 e. The number of hydrogen-bond donors (Lipinski definition) is 1. The highest BCUT2D eigenvalue weighted by Crippen LogP contribution is 2.02. The number of benzene rings is 1. The summed E-state index contributed by atoms with van der Waals surface area (Å²) in [6.07, 6.45) is 5.17. The Morgan fingerprint density at radius 3 is 2.60 bits per heavy atom. The molecule has 2 rings (SSSR count). The standard InChI is InChI=1S/C12H10N2O/c15-12-8-9-13-11(14-12)7-6-10-4-2-1-3-5-10/h1-9H,(H,13,14,15)/b7-6+. The molecule has 1 aromatic carbocycles. The molecule has 74 valence electrons. The lowest BCUT2D eigenvalue weighted by atomic mass is 10.2. The Balaban J connectivity index is 2.23. The fraction of sp³-hybridized carbons (Fsp3) is 0. The van der Waals surface area contributed by atoms with Crippen LogP contribution in [0.15, 0.2) is 47.4 Å². The van der Waals surface area contributed by atoms with Gasteiger partial charge in [-0.3, -0.25) is 4.79 Å². The van der Waals surface area contributed by atoms with Gasteiger partial charge in [-0.25, -0.2) is 4.98 Å². The van der Waals surface area contributed by atoms with Crippen molar-refractivity contribution in [2.45, 2.75) is 0 Å². The lowest BCUT2D eigenvalue weighted by molar-refractivity contribution is 1.09. The molecular weight excluding hydrogens is 188 g/mol. The second-order valence-corrected chi connectivity index (χ2v) is 3.06. The van der Waals surface area contributed by atoms with E-state index in [1.807, 2.05) is 36.4 Å². The van der Waals surface area contributed by atoms with Gasteiger partial charge in [-0.1, -0.05) is 36.4 Å². The summed E-state index contributed by atoms with van der Waals surface area (Å²) < 4.78 is 0. The second-order valence-electron chi connectivity index (χ2n) is 3.06. The Kier molecular flexibility index (Phi) is 2.74. The van der Waals surface area contributed by atoms with Crippen molar-refractivity contribution < 1.29 is 0 Å². The topological polar surface area (TPSA) is 45.8 Å². The third-order valence-corrected chi connectivity index (χ3v) is 1.92. The first-order valence-corrected chi connectivity index (χ1v) is 4.63. The van der Waals surface area contributed by atoms with E-state index in [1.165, 1.54) is 12.3 Å². The molecule has 15 heavy (non-hydrogen) atoms. The summed E-state index contributed by atoms with van der Waals surface area (Å²) in [6, 6.07) is 11.2. The number of H-pyrrole nitrogens is 1. The van der Waals surface area contributed by atoms with Crippen LogP contribution < -0.4 is 5.56 Å². The van der Waals surface area contributed by atoms with E-state index in [-0.39, 0.29) is 5.56 Å². The molecule has 0 saturated carbocycles. The van der Waals surface area contributed by atoms with Crippen LogP contribution in [0.5, 0.6) is 0 Å². The van der Waals surface area contributed by atoms with E-state index in [0.29, 0.717) is 5.82 Å². The van der Waals surface area contributed by atoms with Crippen molar-refractivity contribution in [3.8, 4) is 0 Å². The van der Waals surface area contributed by atoms with E-state index in [1.54, 1.807) is 6.08 Å². The molecule has 1 aromatic heterocycles. The van der Waals surface area contributed by atoms with Gasteiger partial charge in [0.1, 0.15) is 5.82 Å². The highest BCUT2D eigenvalue weighted by molar-refractivity contribution is 5.66. The average Bonchev–Trinajstić information content (AvgIpc) is 2.28. The van der Waals surface area contributed by atoms with Gasteiger partial charge in [0.25, 0.3) is 5.56 Å². The molecule has 0 unspecified atom stereocenters. The van der Waals surface area contributed by atoms with Crippen molar-refractivity contribution >= 4 is 12.2 Å². The first-order valence-electron chi connectivity index (χ1n) is 4.63. The lowest BCUT2D eigenvalue weighted by Crippen LogP contribution is -2.05. The van der Waals surface area contributed by atoms with Crippen LogP contribution >= 0.6 is 0 Å². The van der Waals surface area contributed by atoms with Gasteiger partial charge in [-0.15, -0.1) is 0 Å². The fourth-order valence-electron chi connectivity index (χ4n) is 1.21. The van der Waals surface area contributed by atoms with E-state index in [0.717, 1.165) is 5.56 Å². The summed E-state index contributed by atoms with van der Waals surface area (Å²) in [4.78, 5) is 17.6. The van der Waals surface area contributed by atoms with Crippen LogP contribution in [0.1, 0.15) is 11.4 Å². The molecule has 0 amide bonds. The van der Waals surface area contributed by atoms with E-state index < -0.39 is 0 Å². The molecular formula is C12H10N2O. The first kappa shape index (κ1) is 9.40. The maximum Gasteiger partial charge on any atom is 0.251 e. The number of aromatic amines is 1. The first-order chi connectivity index (χ1) is 7.34. The van der Waals surface area contributed by atoms with E-state index >= 15 is 0 Å². The largest absolute Gasteiger partial charge is 0.307 e. The molecule has 3 nitrogen and oxygen atoms in total. The molecule has 0 fully saturated rings. The molecule has 0 aliphatic heterocycles. The second kappa shape index (κ2) is 4.37. The van der Waals surface area contributed by atoms with Gasteiger partial charge in [0.2, 0.25) is 0 Å². The molecule has 0 aliphatic rings. The monoisotopic (exact) mass is 198 g/mol. The van der Waals surface area contributed by atoms with Gasteiger partial charge in [0, 0.05) is 12.3 Å². The van der Waals surface area contributed by atoms with Crippen molar-refractivity contribution in [2.24, 2.45) is 0 Å². The SMILES string of the molecule is O=c1ccnc(/C=C/c2ccccc2)[nH]1. The molecule has 1 heterocycles. The van der Waals surface area contributed by atoms with Crippen LogP contribution in [0.2, 0.25) is 0 Å². The number of nitrogens with one attached hydrogen (secondary N) is 1. The third-order valence-electron chi connectivity index (χ3n) is 1.92. The Hall–Kier alpha value is -2.16. The van der Waals surface area contributed by atoms with Crippen LogP contribution in [-0.4, -0.2) is 9.97 Å². The summed E-state index contributed by atoms with van der Waals surface area (Å²) in [5.41, 5.74) is 0.932. The van der Waals surface area contributed by atoms with Gasteiger partial charge in [0.15, 0.2) is 0 Å². The molecule has 2 aromatic rings. The van der Waals surface area contributed by atoms with Crippen LogP contribution in [0.3, 0.4) is 0 Å². The molecule has 1 N–H and O–H groups in total. The fourth-order valence-corrected chi connectivity index (χ4v) is 1.21. The maximum absolute atomic E-state index is 11.0. The van der Waals surface area contributed by atoms with E-state index in [9.17, 15) is 4.79 Å². The van der Waals surface area contributed by atoms with Crippen molar-refractivity contribution in [1.82, 2.24) is 9.97 Å². The number of nitrogens with zero attached hydrogens (tertiary/aromatic N) is 1. The Morgan fingerprint density at radius 2 is 1.87 bits per heavy atom. The average molecular weight is 198 g/mol. The minimum Gasteiger partial charge on any atom is -0.307 e. The summed E-state index contributed by atoms with van der Waals surface area (Å²) in [5.74, 6) is 0.561. The highest BCUT2D eigenvalue weighted by atomic mass is 16.1. The van der Waals surface area contributed by atoms with Gasteiger partial charge in [-0.2, -0.15) is 0 Å². The zero-order valence-corrected chi connectivity index (χ0v) is 8.05. The Morgan fingerprint density at radius 1 is 1.07 bits per heavy atom. The lowest BCUT2D eigenvalue weighted by Gasteiger charge is -1.92. The minimum absolute atomic E-state index is 0.141. The van der Waals surface area contributed by atoms with Gasteiger partial charge < -0.3 is 4.98 Å². The molecule has 0 spiro atoms.